The molecule has 0 aliphatic carbocycles. The van der Waals surface area contributed by atoms with Crippen LogP contribution in [0.3, 0.4) is 0 Å². The molecule has 2 aromatic rings. The maximum atomic E-state index is 13.5. The fourth-order valence-corrected chi connectivity index (χ4v) is 3.63. The molecular weight excluding hydrogens is 295 g/mol. The van der Waals surface area contributed by atoms with Crippen molar-refractivity contribution in [2.45, 2.75) is 32.2 Å². The molecule has 1 heterocycles. The van der Waals surface area contributed by atoms with Crippen molar-refractivity contribution in [2.75, 3.05) is 5.73 Å². The van der Waals surface area contributed by atoms with Gasteiger partial charge in [0.2, 0.25) is 10.0 Å². The Hall–Kier alpha value is -1.93. The SMILES string of the molecule is Cc1cc(F)c(N)c(C)c1S(=O)(=O)NCc1cn[nH]c1C. The van der Waals surface area contributed by atoms with Crippen LogP contribution >= 0.6 is 0 Å². The highest BCUT2D eigenvalue weighted by Crippen LogP contribution is 2.27. The fraction of sp³-hybridized carbons (Fsp3) is 0.308. The first-order valence-corrected chi connectivity index (χ1v) is 7.76. The Morgan fingerprint density at radius 1 is 1.38 bits per heavy atom. The minimum Gasteiger partial charge on any atom is -0.396 e. The first-order chi connectivity index (χ1) is 9.74. The van der Waals surface area contributed by atoms with Crippen LogP contribution in [0.5, 0.6) is 0 Å². The smallest absolute Gasteiger partial charge is 0.241 e. The predicted octanol–water partition coefficient (Wildman–Crippen LogP) is 1.53. The monoisotopic (exact) mass is 312 g/mol. The lowest BCUT2D eigenvalue weighted by atomic mass is 10.1. The summed E-state index contributed by atoms with van der Waals surface area (Å²) in [4.78, 5) is 0.0162. The molecule has 8 heteroatoms. The van der Waals surface area contributed by atoms with Crippen LogP contribution < -0.4 is 10.5 Å². The van der Waals surface area contributed by atoms with Crippen molar-refractivity contribution in [3.63, 3.8) is 0 Å². The number of hydrogen-bond donors (Lipinski definition) is 3. The molecule has 0 spiro atoms. The van der Waals surface area contributed by atoms with Crippen molar-refractivity contribution >= 4 is 15.7 Å². The van der Waals surface area contributed by atoms with Gasteiger partial charge in [0, 0.05) is 17.8 Å². The van der Waals surface area contributed by atoms with Crippen LogP contribution in [-0.2, 0) is 16.6 Å². The maximum absolute atomic E-state index is 13.5. The highest BCUT2D eigenvalue weighted by Gasteiger charge is 2.23. The molecule has 2 rings (SSSR count). The zero-order valence-electron chi connectivity index (χ0n) is 12.0. The second-order valence-corrected chi connectivity index (χ2v) is 6.59. The molecule has 0 unspecified atom stereocenters. The summed E-state index contributed by atoms with van der Waals surface area (Å²) in [6.45, 7) is 4.92. The second-order valence-electron chi connectivity index (χ2n) is 4.89. The van der Waals surface area contributed by atoms with Crippen LogP contribution in [0.2, 0.25) is 0 Å². The van der Waals surface area contributed by atoms with E-state index in [-0.39, 0.29) is 22.7 Å². The van der Waals surface area contributed by atoms with E-state index in [1.807, 2.05) is 0 Å². The fourth-order valence-electron chi connectivity index (χ4n) is 2.14. The number of sulfonamides is 1. The van der Waals surface area contributed by atoms with Crippen LogP contribution in [0.25, 0.3) is 0 Å². The van der Waals surface area contributed by atoms with Gasteiger partial charge in [0.1, 0.15) is 5.82 Å². The van der Waals surface area contributed by atoms with Crippen molar-refractivity contribution in [1.29, 1.82) is 0 Å². The van der Waals surface area contributed by atoms with E-state index in [9.17, 15) is 12.8 Å². The lowest BCUT2D eigenvalue weighted by molar-refractivity contribution is 0.578. The zero-order chi connectivity index (χ0) is 15.8. The summed E-state index contributed by atoms with van der Waals surface area (Å²) in [5, 5.41) is 6.56. The largest absolute Gasteiger partial charge is 0.396 e. The van der Waals surface area contributed by atoms with Crippen LogP contribution in [0, 0.1) is 26.6 Å². The predicted molar refractivity (Wildman–Crippen MR) is 77.6 cm³/mol. The van der Waals surface area contributed by atoms with Gasteiger partial charge in [-0.05, 0) is 38.0 Å². The number of nitrogen functional groups attached to an aromatic ring is 1. The van der Waals surface area contributed by atoms with E-state index in [0.717, 1.165) is 17.3 Å². The van der Waals surface area contributed by atoms with Gasteiger partial charge in [0.05, 0.1) is 16.8 Å². The summed E-state index contributed by atoms with van der Waals surface area (Å²) in [5.74, 6) is -0.616. The minimum atomic E-state index is -3.79. The molecule has 0 radical (unpaired) electrons. The van der Waals surface area contributed by atoms with E-state index >= 15 is 0 Å². The quantitative estimate of drug-likeness (QED) is 0.745. The molecule has 0 bridgehead atoms. The van der Waals surface area contributed by atoms with Gasteiger partial charge in [-0.1, -0.05) is 0 Å². The lowest BCUT2D eigenvalue weighted by Gasteiger charge is -2.14. The molecule has 0 amide bonds. The number of aryl methyl sites for hydroxylation is 2. The van der Waals surface area contributed by atoms with Gasteiger partial charge in [-0.15, -0.1) is 0 Å². The molecule has 6 nitrogen and oxygen atoms in total. The number of H-pyrrole nitrogens is 1. The van der Waals surface area contributed by atoms with Crippen LogP contribution in [-0.4, -0.2) is 18.6 Å². The minimum absolute atomic E-state index is 0.0162. The van der Waals surface area contributed by atoms with Gasteiger partial charge in [-0.3, -0.25) is 5.10 Å². The molecule has 21 heavy (non-hydrogen) atoms. The molecule has 0 saturated heterocycles. The number of nitrogens with one attached hydrogen (secondary N) is 2. The molecule has 0 atom stereocenters. The van der Waals surface area contributed by atoms with Crippen LogP contribution in [0.4, 0.5) is 10.1 Å². The van der Waals surface area contributed by atoms with Crippen molar-refractivity contribution in [2.24, 2.45) is 0 Å². The Kier molecular flexibility index (Phi) is 4.02. The number of nitrogens with two attached hydrogens (primary N) is 1. The molecule has 0 aliphatic rings. The third-order valence-electron chi connectivity index (χ3n) is 3.36. The first-order valence-electron chi connectivity index (χ1n) is 6.27. The Balaban J connectivity index is 2.37. The summed E-state index contributed by atoms with van der Waals surface area (Å²) < 4.78 is 40.8. The number of aromatic nitrogens is 2. The standard InChI is InChI=1S/C13H17FN4O2S/c1-7-4-11(14)12(15)8(2)13(7)21(19,20)17-6-10-5-16-18-9(10)3/h4-5,17H,6,15H2,1-3H3,(H,16,18). The van der Waals surface area contributed by atoms with Crippen molar-refractivity contribution in [3.8, 4) is 0 Å². The Labute approximate surface area is 122 Å². The third-order valence-corrected chi connectivity index (χ3v) is 5.05. The van der Waals surface area contributed by atoms with E-state index in [0.29, 0.717) is 5.56 Å². The van der Waals surface area contributed by atoms with Gasteiger partial charge in [-0.25, -0.2) is 17.5 Å². The number of rotatable bonds is 4. The van der Waals surface area contributed by atoms with Crippen molar-refractivity contribution in [1.82, 2.24) is 14.9 Å². The maximum Gasteiger partial charge on any atom is 0.241 e. The van der Waals surface area contributed by atoms with Gasteiger partial charge < -0.3 is 5.73 Å². The normalized spacial score (nSPS) is 11.8. The summed E-state index contributed by atoms with van der Waals surface area (Å²) in [6, 6.07) is 1.12. The van der Waals surface area contributed by atoms with E-state index in [2.05, 4.69) is 14.9 Å². The van der Waals surface area contributed by atoms with Crippen LogP contribution in [0.1, 0.15) is 22.4 Å². The average molecular weight is 312 g/mol. The first kappa shape index (κ1) is 15.5. The summed E-state index contributed by atoms with van der Waals surface area (Å²) in [6.07, 6.45) is 1.55. The highest BCUT2D eigenvalue weighted by atomic mass is 32.2. The van der Waals surface area contributed by atoms with Crippen molar-refractivity contribution in [3.05, 3.63) is 40.5 Å². The Morgan fingerprint density at radius 3 is 2.62 bits per heavy atom. The molecule has 4 N–H and O–H groups in total. The molecule has 114 valence electrons. The molecule has 1 aromatic heterocycles. The lowest BCUT2D eigenvalue weighted by Crippen LogP contribution is -2.25. The molecule has 0 saturated carbocycles. The number of nitrogens with zero attached hydrogens (tertiary/aromatic N) is 1. The van der Waals surface area contributed by atoms with Crippen molar-refractivity contribution < 1.29 is 12.8 Å². The Bertz CT molecular complexity index is 784. The van der Waals surface area contributed by atoms with Gasteiger partial charge in [-0.2, -0.15) is 5.10 Å². The van der Waals surface area contributed by atoms with E-state index in [1.54, 1.807) is 13.1 Å². The molecule has 0 fully saturated rings. The number of hydrogen-bond acceptors (Lipinski definition) is 4. The zero-order valence-corrected chi connectivity index (χ0v) is 12.8. The number of benzene rings is 1. The number of aromatic amines is 1. The second kappa shape index (κ2) is 5.45. The topological polar surface area (TPSA) is 101 Å². The van der Waals surface area contributed by atoms with Gasteiger partial charge >= 0.3 is 0 Å². The van der Waals surface area contributed by atoms with Crippen LogP contribution in [0.15, 0.2) is 17.2 Å². The summed E-state index contributed by atoms with van der Waals surface area (Å²) in [7, 11) is -3.79. The van der Waals surface area contributed by atoms with Gasteiger partial charge in [0.15, 0.2) is 0 Å². The highest BCUT2D eigenvalue weighted by molar-refractivity contribution is 7.89. The van der Waals surface area contributed by atoms with Gasteiger partial charge in [0.25, 0.3) is 0 Å². The third kappa shape index (κ3) is 2.91. The average Bonchev–Trinajstić information content (AvgIpc) is 2.79. The molecule has 1 aromatic carbocycles. The summed E-state index contributed by atoms with van der Waals surface area (Å²) in [5.41, 5.74) is 7.48. The van der Waals surface area contributed by atoms with E-state index in [4.69, 9.17) is 5.73 Å². The molecular formula is C13H17FN4O2S. The number of halogens is 1. The Morgan fingerprint density at radius 2 is 2.05 bits per heavy atom. The molecule has 0 aliphatic heterocycles. The summed E-state index contributed by atoms with van der Waals surface area (Å²) >= 11 is 0. The van der Waals surface area contributed by atoms with E-state index < -0.39 is 15.8 Å². The number of anilines is 1. The van der Waals surface area contributed by atoms with E-state index in [1.165, 1.54) is 13.8 Å².